The smallest absolute Gasteiger partial charge is 0.444 e. The van der Waals surface area contributed by atoms with E-state index in [0.717, 1.165) is 22.8 Å². The first-order valence-electron chi connectivity index (χ1n) is 10.4. The molecule has 0 saturated heterocycles. The number of ether oxygens (including phenoxy) is 2. The second-order valence-electron chi connectivity index (χ2n) is 8.49. The van der Waals surface area contributed by atoms with Crippen molar-refractivity contribution < 1.29 is 32.2 Å². The Morgan fingerprint density at radius 2 is 1.79 bits per heavy atom. The molecule has 1 amide bonds. The molecule has 3 aromatic rings. The molecule has 0 aliphatic rings. The largest absolute Gasteiger partial charge is 0.573 e. The fourth-order valence-electron chi connectivity index (χ4n) is 3.39. The first kappa shape index (κ1) is 24.2. The van der Waals surface area contributed by atoms with Crippen molar-refractivity contribution in [3.63, 3.8) is 0 Å². The Bertz CT molecular complexity index is 1130. The average Bonchev–Trinajstić information content (AvgIpc) is 3.07. The zero-order chi connectivity index (χ0) is 24.2. The van der Waals surface area contributed by atoms with Crippen LogP contribution in [0.3, 0.4) is 0 Å². The summed E-state index contributed by atoms with van der Waals surface area (Å²) in [6, 6.07) is 10.9. The van der Waals surface area contributed by atoms with Gasteiger partial charge in [0.25, 0.3) is 0 Å². The van der Waals surface area contributed by atoms with Crippen molar-refractivity contribution in [2.24, 2.45) is 0 Å². The van der Waals surface area contributed by atoms with Gasteiger partial charge in [-0.05, 0) is 63.1 Å². The maximum Gasteiger partial charge on any atom is 0.573 e. The summed E-state index contributed by atoms with van der Waals surface area (Å²) in [5, 5.41) is 3.51. The van der Waals surface area contributed by atoms with E-state index >= 15 is 0 Å². The number of amides is 1. The zero-order valence-electron chi connectivity index (χ0n) is 18.5. The normalized spacial score (nSPS) is 11.9. The molecule has 0 radical (unpaired) electrons. The molecule has 176 valence electrons. The van der Waals surface area contributed by atoms with Crippen molar-refractivity contribution in [1.29, 1.82) is 0 Å². The van der Waals surface area contributed by atoms with Crippen molar-refractivity contribution in [1.82, 2.24) is 9.88 Å². The number of aromatic nitrogens is 1. The second kappa shape index (κ2) is 9.56. The van der Waals surface area contributed by atoms with Crippen LogP contribution in [0, 0.1) is 0 Å². The number of aldehydes is 1. The summed E-state index contributed by atoms with van der Waals surface area (Å²) in [6.45, 7) is 6.34. The van der Waals surface area contributed by atoms with Crippen LogP contribution in [-0.4, -0.2) is 35.5 Å². The Labute approximate surface area is 189 Å². The minimum absolute atomic E-state index is 0.309. The number of alkyl halides is 3. The van der Waals surface area contributed by atoms with Gasteiger partial charge < -0.3 is 19.4 Å². The molecule has 0 aliphatic heterocycles. The van der Waals surface area contributed by atoms with Crippen LogP contribution in [-0.2, 0) is 11.3 Å². The number of carbonyl (C=O) groups excluding carboxylic acids is 2. The first-order valence-corrected chi connectivity index (χ1v) is 10.4. The number of carbonyl (C=O) groups is 2. The van der Waals surface area contributed by atoms with Gasteiger partial charge in [-0.2, -0.15) is 0 Å². The van der Waals surface area contributed by atoms with E-state index in [1.165, 1.54) is 24.3 Å². The van der Waals surface area contributed by atoms with Crippen molar-refractivity contribution in [3.05, 3.63) is 54.2 Å². The van der Waals surface area contributed by atoms with E-state index in [-0.39, 0.29) is 5.75 Å². The highest BCUT2D eigenvalue weighted by Gasteiger charge is 2.31. The van der Waals surface area contributed by atoms with E-state index in [1.54, 1.807) is 32.9 Å². The Hall–Kier alpha value is -3.49. The number of hydrogen-bond donors (Lipinski definition) is 1. The third kappa shape index (κ3) is 6.74. The Morgan fingerprint density at radius 3 is 2.39 bits per heavy atom. The number of halogens is 3. The third-order valence-electron chi connectivity index (χ3n) is 4.68. The van der Waals surface area contributed by atoms with Crippen LogP contribution in [0.25, 0.3) is 22.0 Å². The van der Waals surface area contributed by atoms with Crippen molar-refractivity contribution in [2.45, 2.75) is 45.7 Å². The molecule has 3 rings (SSSR count). The van der Waals surface area contributed by atoms with Gasteiger partial charge in [0, 0.05) is 41.3 Å². The van der Waals surface area contributed by atoms with Gasteiger partial charge in [0.15, 0.2) is 0 Å². The lowest BCUT2D eigenvalue weighted by molar-refractivity contribution is -0.274. The average molecular weight is 462 g/mol. The van der Waals surface area contributed by atoms with Crippen LogP contribution in [0.2, 0.25) is 0 Å². The number of rotatable bonds is 7. The van der Waals surface area contributed by atoms with E-state index in [9.17, 15) is 22.8 Å². The molecule has 0 spiro atoms. The predicted molar refractivity (Wildman–Crippen MR) is 118 cm³/mol. The summed E-state index contributed by atoms with van der Waals surface area (Å²) in [6.07, 6.45) is -2.00. The summed E-state index contributed by atoms with van der Waals surface area (Å²) < 4.78 is 48.5. The van der Waals surface area contributed by atoms with Crippen LogP contribution < -0.4 is 10.1 Å². The predicted octanol–water partition coefficient (Wildman–Crippen LogP) is 5.93. The first-order chi connectivity index (χ1) is 15.4. The number of benzene rings is 2. The summed E-state index contributed by atoms with van der Waals surface area (Å²) in [5.74, 6) is -0.309. The van der Waals surface area contributed by atoms with E-state index in [1.807, 2.05) is 16.8 Å². The summed E-state index contributed by atoms with van der Waals surface area (Å²) >= 11 is 0. The number of nitrogens with zero attached hydrogens (tertiary/aromatic N) is 1. The molecule has 1 aromatic heterocycles. The molecule has 33 heavy (non-hydrogen) atoms. The van der Waals surface area contributed by atoms with Crippen molar-refractivity contribution in [3.8, 4) is 16.9 Å². The lowest BCUT2D eigenvalue weighted by Crippen LogP contribution is -2.33. The fourth-order valence-corrected chi connectivity index (χ4v) is 3.39. The Morgan fingerprint density at radius 1 is 1.09 bits per heavy atom. The van der Waals surface area contributed by atoms with Gasteiger partial charge in [0.2, 0.25) is 0 Å². The Kier molecular flexibility index (Phi) is 7.00. The molecule has 0 aliphatic carbocycles. The molecule has 0 atom stereocenters. The lowest BCUT2D eigenvalue weighted by Gasteiger charge is -2.19. The van der Waals surface area contributed by atoms with Gasteiger partial charge in [0.1, 0.15) is 17.6 Å². The van der Waals surface area contributed by atoms with Crippen molar-refractivity contribution >= 4 is 23.3 Å². The van der Waals surface area contributed by atoms with E-state index in [0.29, 0.717) is 30.6 Å². The van der Waals surface area contributed by atoms with Gasteiger partial charge in [-0.3, -0.25) is 4.79 Å². The minimum Gasteiger partial charge on any atom is -0.444 e. The van der Waals surface area contributed by atoms with Crippen LogP contribution in [0.4, 0.5) is 18.0 Å². The zero-order valence-corrected chi connectivity index (χ0v) is 18.5. The molecule has 0 saturated carbocycles. The molecule has 0 bridgehead atoms. The number of hydrogen-bond acceptors (Lipinski definition) is 4. The maximum atomic E-state index is 12.4. The fraction of sp³-hybridized carbons (Fsp3) is 0.333. The van der Waals surface area contributed by atoms with E-state index in [2.05, 4.69) is 10.1 Å². The molecule has 0 unspecified atom stereocenters. The third-order valence-corrected chi connectivity index (χ3v) is 4.68. The monoisotopic (exact) mass is 462 g/mol. The molecule has 1 N–H and O–H groups in total. The highest BCUT2D eigenvalue weighted by Crippen LogP contribution is 2.33. The molecular weight excluding hydrogens is 437 g/mol. The molecule has 1 heterocycles. The second-order valence-corrected chi connectivity index (χ2v) is 8.49. The van der Waals surface area contributed by atoms with Gasteiger partial charge in [-0.15, -0.1) is 13.2 Å². The van der Waals surface area contributed by atoms with E-state index < -0.39 is 18.1 Å². The van der Waals surface area contributed by atoms with Crippen LogP contribution >= 0.6 is 0 Å². The van der Waals surface area contributed by atoms with Crippen molar-refractivity contribution in [2.75, 3.05) is 6.54 Å². The standard InChI is InChI=1S/C24H25F3N2O4/c1-23(2,3)33-22(31)28-11-4-12-29-14-20(19-13-16(15-30)5-10-21(19)29)17-6-8-18(9-7-17)32-24(25,26)27/h5-10,13-15H,4,11-12H2,1-3H3,(H,28,31). The van der Waals surface area contributed by atoms with E-state index in [4.69, 9.17) is 4.74 Å². The molecule has 6 nitrogen and oxygen atoms in total. The molecule has 2 aromatic carbocycles. The summed E-state index contributed by atoms with van der Waals surface area (Å²) in [4.78, 5) is 23.1. The highest BCUT2D eigenvalue weighted by atomic mass is 19.4. The number of fused-ring (bicyclic) bond motifs is 1. The van der Waals surface area contributed by atoms with Crippen LogP contribution in [0.5, 0.6) is 5.75 Å². The SMILES string of the molecule is CC(C)(C)OC(=O)NCCCn1cc(-c2ccc(OC(F)(F)F)cc2)c2cc(C=O)ccc21. The van der Waals surface area contributed by atoms with Gasteiger partial charge in [0.05, 0.1) is 0 Å². The maximum absolute atomic E-state index is 12.4. The lowest BCUT2D eigenvalue weighted by atomic mass is 10.0. The number of nitrogens with one attached hydrogen (secondary N) is 1. The summed E-state index contributed by atoms with van der Waals surface area (Å²) in [5.41, 5.74) is 2.23. The highest BCUT2D eigenvalue weighted by molar-refractivity contribution is 5.98. The quantitative estimate of drug-likeness (QED) is 0.349. The molecule has 9 heteroatoms. The van der Waals surface area contributed by atoms with Gasteiger partial charge in [-0.25, -0.2) is 4.79 Å². The minimum atomic E-state index is -4.76. The summed E-state index contributed by atoms with van der Waals surface area (Å²) in [7, 11) is 0. The molecular formula is C24H25F3N2O4. The van der Waals surface area contributed by atoms with Crippen LogP contribution in [0.1, 0.15) is 37.6 Å². The van der Waals surface area contributed by atoms with Crippen LogP contribution in [0.15, 0.2) is 48.7 Å². The number of aryl methyl sites for hydroxylation is 1. The Balaban J connectivity index is 1.80. The van der Waals surface area contributed by atoms with Gasteiger partial charge in [-0.1, -0.05) is 12.1 Å². The van der Waals surface area contributed by atoms with Gasteiger partial charge >= 0.3 is 12.5 Å². The topological polar surface area (TPSA) is 69.6 Å². The number of alkyl carbamates (subject to hydrolysis) is 1. The molecule has 0 fully saturated rings.